The Kier molecular flexibility index (Phi) is 4.65. The van der Waals surface area contributed by atoms with Crippen LogP contribution < -0.4 is 10.6 Å². The molecule has 0 unspecified atom stereocenters. The van der Waals surface area contributed by atoms with Crippen LogP contribution >= 0.6 is 0 Å². The summed E-state index contributed by atoms with van der Waals surface area (Å²) < 4.78 is 0. The molecule has 0 spiro atoms. The van der Waals surface area contributed by atoms with Crippen LogP contribution in [0.4, 0.5) is 5.69 Å². The number of hydrogen-bond donors (Lipinski definition) is 2. The third-order valence-corrected chi connectivity index (χ3v) is 4.47. The third kappa shape index (κ3) is 3.65. The number of anilines is 1. The Hall–Kier alpha value is -2.62. The Morgan fingerprint density at radius 3 is 2.25 bits per heavy atom. The number of nitrogens with one attached hydrogen (secondary N) is 2. The van der Waals surface area contributed by atoms with Crippen LogP contribution in [0.3, 0.4) is 0 Å². The summed E-state index contributed by atoms with van der Waals surface area (Å²) in [5.41, 5.74) is 2.15. The van der Waals surface area contributed by atoms with E-state index in [1.54, 1.807) is 0 Å². The molecule has 1 aliphatic carbocycles. The van der Waals surface area contributed by atoms with Gasteiger partial charge in [0.05, 0.1) is 0 Å². The molecule has 3 rings (SSSR count). The van der Waals surface area contributed by atoms with Crippen LogP contribution in [0.2, 0.25) is 0 Å². The van der Waals surface area contributed by atoms with Gasteiger partial charge in [-0.25, -0.2) is 0 Å². The predicted octanol–water partition coefficient (Wildman–Crippen LogP) is 3.07. The summed E-state index contributed by atoms with van der Waals surface area (Å²) in [6.45, 7) is 2.54. The zero-order valence-electron chi connectivity index (χ0n) is 13.8. The standard InChI is InChI=1S/C20H22N2O2/c1-15-7-9-17(10-8-15)22-19(24)20(12-13-20)18(23)21-14-11-16-5-3-2-4-6-16/h2-10H,11-14H2,1H3,(H,21,23)(H,22,24). The Labute approximate surface area is 142 Å². The maximum Gasteiger partial charge on any atom is 0.240 e. The first-order chi connectivity index (χ1) is 11.6. The Morgan fingerprint density at radius 1 is 0.958 bits per heavy atom. The fraction of sp³-hybridized carbons (Fsp3) is 0.300. The molecule has 1 aliphatic rings. The van der Waals surface area contributed by atoms with Gasteiger partial charge in [-0.1, -0.05) is 48.0 Å². The zero-order chi connectivity index (χ0) is 17.0. The Bertz CT molecular complexity index is 719. The SMILES string of the molecule is Cc1ccc(NC(=O)C2(C(=O)NCCc3ccccc3)CC2)cc1. The van der Waals surface area contributed by atoms with Crippen molar-refractivity contribution in [3.63, 3.8) is 0 Å². The normalized spacial score (nSPS) is 14.7. The van der Waals surface area contributed by atoms with E-state index in [0.29, 0.717) is 19.4 Å². The molecule has 0 bridgehead atoms. The summed E-state index contributed by atoms with van der Waals surface area (Å²) in [6, 6.07) is 17.6. The van der Waals surface area contributed by atoms with Crippen LogP contribution in [-0.4, -0.2) is 18.4 Å². The van der Waals surface area contributed by atoms with Crippen molar-refractivity contribution < 1.29 is 9.59 Å². The smallest absolute Gasteiger partial charge is 0.240 e. The van der Waals surface area contributed by atoms with Crippen molar-refractivity contribution in [3.05, 3.63) is 65.7 Å². The molecule has 0 radical (unpaired) electrons. The lowest BCUT2D eigenvalue weighted by molar-refractivity contribution is -0.134. The van der Waals surface area contributed by atoms with Gasteiger partial charge in [0, 0.05) is 12.2 Å². The second-order valence-electron chi connectivity index (χ2n) is 6.39. The summed E-state index contributed by atoms with van der Waals surface area (Å²) >= 11 is 0. The predicted molar refractivity (Wildman–Crippen MR) is 94.6 cm³/mol. The second-order valence-corrected chi connectivity index (χ2v) is 6.39. The summed E-state index contributed by atoms with van der Waals surface area (Å²) in [5, 5.41) is 5.77. The van der Waals surface area contributed by atoms with Gasteiger partial charge in [0.15, 0.2) is 0 Å². The first-order valence-corrected chi connectivity index (χ1v) is 8.30. The molecule has 4 heteroatoms. The van der Waals surface area contributed by atoms with Gasteiger partial charge < -0.3 is 10.6 Å². The van der Waals surface area contributed by atoms with Gasteiger partial charge >= 0.3 is 0 Å². The molecule has 124 valence electrons. The summed E-state index contributed by atoms with van der Waals surface area (Å²) in [4.78, 5) is 24.9. The molecule has 0 heterocycles. The number of hydrogen-bond acceptors (Lipinski definition) is 2. The lowest BCUT2D eigenvalue weighted by Crippen LogP contribution is -2.40. The molecule has 4 nitrogen and oxygen atoms in total. The molecule has 2 N–H and O–H groups in total. The van der Waals surface area contributed by atoms with Crippen molar-refractivity contribution in [2.24, 2.45) is 5.41 Å². The number of carbonyl (C=O) groups excluding carboxylic acids is 2. The van der Waals surface area contributed by atoms with E-state index in [1.807, 2.05) is 61.5 Å². The monoisotopic (exact) mass is 322 g/mol. The molecule has 2 aromatic carbocycles. The largest absolute Gasteiger partial charge is 0.355 e. The van der Waals surface area contributed by atoms with Crippen molar-refractivity contribution >= 4 is 17.5 Å². The number of benzene rings is 2. The highest BCUT2D eigenvalue weighted by atomic mass is 16.2. The van der Waals surface area contributed by atoms with E-state index in [1.165, 1.54) is 5.56 Å². The number of aryl methyl sites for hydroxylation is 1. The average molecular weight is 322 g/mol. The van der Waals surface area contributed by atoms with Crippen molar-refractivity contribution in [2.75, 3.05) is 11.9 Å². The highest BCUT2D eigenvalue weighted by molar-refractivity contribution is 6.13. The lowest BCUT2D eigenvalue weighted by Gasteiger charge is -2.15. The van der Waals surface area contributed by atoms with Gasteiger partial charge in [0.2, 0.25) is 11.8 Å². The molecule has 24 heavy (non-hydrogen) atoms. The van der Waals surface area contributed by atoms with E-state index in [-0.39, 0.29) is 11.8 Å². The van der Waals surface area contributed by atoms with Gasteiger partial charge in [-0.3, -0.25) is 9.59 Å². The van der Waals surface area contributed by atoms with Gasteiger partial charge in [-0.05, 0) is 43.9 Å². The molecule has 2 amide bonds. The minimum Gasteiger partial charge on any atom is -0.355 e. The van der Waals surface area contributed by atoms with Gasteiger partial charge in [0.25, 0.3) is 0 Å². The van der Waals surface area contributed by atoms with Crippen LogP contribution in [0.5, 0.6) is 0 Å². The first-order valence-electron chi connectivity index (χ1n) is 8.30. The highest BCUT2D eigenvalue weighted by Crippen LogP contribution is 2.46. The van der Waals surface area contributed by atoms with Crippen molar-refractivity contribution in [1.29, 1.82) is 0 Å². The lowest BCUT2D eigenvalue weighted by atomic mass is 10.0. The summed E-state index contributed by atoms with van der Waals surface area (Å²) in [6.07, 6.45) is 1.99. The van der Waals surface area contributed by atoms with Crippen LogP contribution in [-0.2, 0) is 16.0 Å². The van der Waals surface area contributed by atoms with Crippen LogP contribution in [0.25, 0.3) is 0 Å². The highest BCUT2D eigenvalue weighted by Gasteiger charge is 2.56. The molecule has 0 aliphatic heterocycles. The molecular formula is C20H22N2O2. The maximum atomic E-state index is 12.5. The molecular weight excluding hydrogens is 300 g/mol. The van der Waals surface area contributed by atoms with E-state index in [2.05, 4.69) is 10.6 Å². The van der Waals surface area contributed by atoms with E-state index in [0.717, 1.165) is 17.7 Å². The van der Waals surface area contributed by atoms with Crippen molar-refractivity contribution in [3.8, 4) is 0 Å². The molecule has 0 aromatic heterocycles. The van der Waals surface area contributed by atoms with Gasteiger partial charge in [-0.15, -0.1) is 0 Å². The van der Waals surface area contributed by atoms with E-state index in [4.69, 9.17) is 0 Å². The fourth-order valence-corrected chi connectivity index (χ4v) is 2.70. The zero-order valence-corrected chi connectivity index (χ0v) is 13.8. The van der Waals surface area contributed by atoms with Crippen molar-refractivity contribution in [2.45, 2.75) is 26.2 Å². The average Bonchev–Trinajstić information content (AvgIpc) is 3.40. The first kappa shape index (κ1) is 16.2. The van der Waals surface area contributed by atoms with E-state index < -0.39 is 5.41 Å². The minimum atomic E-state index is -0.887. The van der Waals surface area contributed by atoms with Crippen LogP contribution in [0.15, 0.2) is 54.6 Å². The number of carbonyl (C=O) groups is 2. The number of rotatable bonds is 6. The van der Waals surface area contributed by atoms with Gasteiger partial charge in [0.1, 0.15) is 5.41 Å². The van der Waals surface area contributed by atoms with Gasteiger partial charge in [-0.2, -0.15) is 0 Å². The fourth-order valence-electron chi connectivity index (χ4n) is 2.70. The van der Waals surface area contributed by atoms with E-state index in [9.17, 15) is 9.59 Å². The van der Waals surface area contributed by atoms with Crippen LogP contribution in [0.1, 0.15) is 24.0 Å². The van der Waals surface area contributed by atoms with E-state index >= 15 is 0 Å². The quantitative estimate of drug-likeness (QED) is 0.803. The summed E-state index contributed by atoms with van der Waals surface area (Å²) in [5.74, 6) is -0.369. The molecule has 1 saturated carbocycles. The third-order valence-electron chi connectivity index (χ3n) is 4.47. The number of amides is 2. The Morgan fingerprint density at radius 2 is 1.62 bits per heavy atom. The second kappa shape index (κ2) is 6.87. The van der Waals surface area contributed by atoms with Crippen molar-refractivity contribution in [1.82, 2.24) is 5.32 Å². The Balaban J connectivity index is 1.53. The molecule has 2 aromatic rings. The minimum absolute atomic E-state index is 0.164. The summed E-state index contributed by atoms with van der Waals surface area (Å²) in [7, 11) is 0. The van der Waals surface area contributed by atoms with Crippen LogP contribution in [0, 0.1) is 12.3 Å². The maximum absolute atomic E-state index is 12.5. The molecule has 1 fully saturated rings. The molecule has 0 atom stereocenters. The topological polar surface area (TPSA) is 58.2 Å². The molecule has 0 saturated heterocycles.